The number of nitrogens with one attached hydrogen (secondary N) is 2. The lowest BCUT2D eigenvalue weighted by Gasteiger charge is -2.20. The number of carbonyl (C=O) groups is 2. The summed E-state index contributed by atoms with van der Waals surface area (Å²) >= 11 is 5.84. The third-order valence-corrected chi connectivity index (χ3v) is 3.49. The number of carbonyl (C=O) groups excluding carboxylic acids is 2. The molecule has 126 valence electrons. The van der Waals surface area contributed by atoms with Crippen molar-refractivity contribution in [3.05, 3.63) is 70.2 Å². The van der Waals surface area contributed by atoms with Gasteiger partial charge < -0.3 is 10.6 Å². The predicted octanol–water partition coefficient (Wildman–Crippen LogP) is 3.80. The number of benzene rings is 2. The van der Waals surface area contributed by atoms with Crippen LogP contribution in [0.1, 0.15) is 47.1 Å². The monoisotopic (exact) mass is 344 g/mol. The molecule has 0 radical (unpaired) electrons. The molecule has 2 amide bonds. The van der Waals surface area contributed by atoms with Crippen LogP contribution in [0.15, 0.2) is 48.5 Å². The average Bonchev–Trinajstić information content (AvgIpc) is 2.52. The lowest BCUT2D eigenvalue weighted by atomic mass is 10.1. The van der Waals surface area contributed by atoms with Crippen molar-refractivity contribution in [2.24, 2.45) is 0 Å². The molecule has 0 bridgehead atoms. The first kappa shape index (κ1) is 18.0. The molecule has 0 atom stereocenters. The van der Waals surface area contributed by atoms with Gasteiger partial charge in [0.15, 0.2) is 0 Å². The molecule has 0 saturated heterocycles. The van der Waals surface area contributed by atoms with Crippen molar-refractivity contribution in [3.8, 4) is 0 Å². The Balaban J connectivity index is 2.03. The second-order valence-electron chi connectivity index (χ2n) is 6.59. The maximum atomic E-state index is 12.3. The molecule has 0 aromatic heterocycles. The first-order chi connectivity index (χ1) is 11.2. The van der Waals surface area contributed by atoms with Crippen molar-refractivity contribution in [2.45, 2.75) is 32.9 Å². The molecule has 0 spiro atoms. The minimum absolute atomic E-state index is 0.199. The van der Waals surface area contributed by atoms with Gasteiger partial charge in [0.2, 0.25) is 0 Å². The number of hydrogen-bond donors (Lipinski definition) is 2. The van der Waals surface area contributed by atoms with Crippen LogP contribution >= 0.6 is 11.6 Å². The molecule has 2 aromatic carbocycles. The Kier molecular flexibility index (Phi) is 5.62. The van der Waals surface area contributed by atoms with Gasteiger partial charge in [-0.15, -0.1) is 0 Å². The molecule has 0 aliphatic carbocycles. The second kappa shape index (κ2) is 7.49. The summed E-state index contributed by atoms with van der Waals surface area (Å²) in [6.45, 7) is 6.13. The van der Waals surface area contributed by atoms with Crippen LogP contribution < -0.4 is 10.6 Å². The fraction of sp³-hybridized carbons (Fsp3) is 0.263. The van der Waals surface area contributed by atoms with Crippen LogP contribution in [-0.2, 0) is 6.54 Å². The maximum absolute atomic E-state index is 12.3. The largest absolute Gasteiger partial charge is 0.348 e. The van der Waals surface area contributed by atoms with Crippen LogP contribution in [0.5, 0.6) is 0 Å². The van der Waals surface area contributed by atoms with Gasteiger partial charge in [0.1, 0.15) is 0 Å². The van der Waals surface area contributed by atoms with Gasteiger partial charge in [0, 0.05) is 28.2 Å². The number of amides is 2. The van der Waals surface area contributed by atoms with Crippen molar-refractivity contribution < 1.29 is 9.59 Å². The second-order valence-corrected chi connectivity index (χ2v) is 7.03. The topological polar surface area (TPSA) is 58.2 Å². The summed E-state index contributed by atoms with van der Waals surface area (Å²) in [4.78, 5) is 24.5. The Morgan fingerprint density at radius 2 is 1.54 bits per heavy atom. The highest BCUT2D eigenvalue weighted by molar-refractivity contribution is 6.30. The normalized spacial score (nSPS) is 11.0. The third-order valence-electron chi connectivity index (χ3n) is 3.24. The zero-order chi connectivity index (χ0) is 17.7. The fourth-order valence-electron chi connectivity index (χ4n) is 2.10. The van der Waals surface area contributed by atoms with E-state index in [0.717, 1.165) is 5.56 Å². The van der Waals surface area contributed by atoms with Gasteiger partial charge in [-0.3, -0.25) is 9.59 Å². The van der Waals surface area contributed by atoms with Crippen molar-refractivity contribution in [2.75, 3.05) is 0 Å². The van der Waals surface area contributed by atoms with Gasteiger partial charge in [-0.25, -0.2) is 0 Å². The average molecular weight is 345 g/mol. The molecule has 2 aromatic rings. The van der Waals surface area contributed by atoms with Gasteiger partial charge in [0.05, 0.1) is 0 Å². The van der Waals surface area contributed by atoms with E-state index in [0.29, 0.717) is 22.7 Å². The number of rotatable bonds is 4. The summed E-state index contributed by atoms with van der Waals surface area (Å²) in [6.07, 6.45) is 0. The molecule has 0 unspecified atom stereocenters. The molecule has 0 saturated carbocycles. The standard InChI is InChI=1S/C19H21ClN2O2/c1-19(2,3)22-18(24)15-6-4-5-14(11-15)17(23)21-12-13-7-9-16(20)10-8-13/h4-11H,12H2,1-3H3,(H,21,23)(H,22,24). The van der Waals surface area contributed by atoms with Gasteiger partial charge in [-0.1, -0.05) is 29.8 Å². The maximum Gasteiger partial charge on any atom is 0.251 e. The minimum Gasteiger partial charge on any atom is -0.348 e. The van der Waals surface area contributed by atoms with Gasteiger partial charge in [-0.05, 0) is 56.7 Å². The van der Waals surface area contributed by atoms with E-state index in [9.17, 15) is 9.59 Å². The Labute approximate surface area is 147 Å². The zero-order valence-corrected chi connectivity index (χ0v) is 14.8. The van der Waals surface area contributed by atoms with Crippen molar-refractivity contribution in [3.63, 3.8) is 0 Å². The summed E-state index contributed by atoms with van der Waals surface area (Å²) in [5, 5.41) is 6.37. The SMILES string of the molecule is CC(C)(C)NC(=O)c1cccc(C(=O)NCc2ccc(Cl)cc2)c1. The van der Waals surface area contributed by atoms with Crippen LogP contribution in [0.4, 0.5) is 0 Å². The Hall–Kier alpha value is -2.33. The van der Waals surface area contributed by atoms with E-state index in [1.54, 1.807) is 36.4 Å². The van der Waals surface area contributed by atoms with E-state index in [2.05, 4.69) is 10.6 Å². The van der Waals surface area contributed by atoms with Crippen LogP contribution in [-0.4, -0.2) is 17.4 Å². The fourth-order valence-corrected chi connectivity index (χ4v) is 2.23. The Morgan fingerprint density at radius 1 is 0.958 bits per heavy atom. The van der Waals surface area contributed by atoms with Crippen molar-refractivity contribution in [1.29, 1.82) is 0 Å². The van der Waals surface area contributed by atoms with Crippen molar-refractivity contribution in [1.82, 2.24) is 10.6 Å². The summed E-state index contributed by atoms with van der Waals surface area (Å²) in [5.74, 6) is -0.426. The lowest BCUT2D eigenvalue weighted by molar-refractivity contribution is 0.0919. The molecule has 4 nitrogen and oxygen atoms in total. The van der Waals surface area contributed by atoms with E-state index in [1.807, 2.05) is 32.9 Å². The predicted molar refractivity (Wildman–Crippen MR) is 96.3 cm³/mol. The zero-order valence-electron chi connectivity index (χ0n) is 14.0. The summed E-state index contributed by atoms with van der Waals surface area (Å²) < 4.78 is 0. The smallest absolute Gasteiger partial charge is 0.251 e. The van der Waals surface area contributed by atoms with Gasteiger partial charge in [-0.2, -0.15) is 0 Å². The molecule has 0 aliphatic rings. The van der Waals surface area contributed by atoms with Crippen molar-refractivity contribution >= 4 is 23.4 Å². The Bertz CT molecular complexity index is 734. The number of halogens is 1. The first-order valence-electron chi connectivity index (χ1n) is 7.70. The van der Waals surface area contributed by atoms with E-state index in [4.69, 9.17) is 11.6 Å². The van der Waals surface area contributed by atoms with E-state index < -0.39 is 0 Å². The molecule has 24 heavy (non-hydrogen) atoms. The quantitative estimate of drug-likeness (QED) is 0.886. The van der Waals surface area contributed by atoms with Crippen LogP contribution in [0.2, 0.25) is 5.02 Å². The van der Waals surface area contributed by atoms with Gasteiger partial charge >= 0.3 is 0 Å². The minimum atomic E-state index is -0.329. The van der Waals surface area contributed by atoms with Gasteiger partial charge in [0.25, 0.3) is 11.8 Å². The molecule has 0 aliphatic heterocycles. The molecule has 2 rings (SSSR count). The molecule has 0 heterocycles. The third kappa shape index (κ3) is 5.39. The Morgan fingerprint density at radius 3 is 2.12 bits per heavy atom. The van der Waals surface area contributed by atoms with Crippen LogP contribution in [0.25, 0.3) is 0 Å². The van der Waals surface area contributed by atoms with Crippen LogP contribution in [0, 0.1) is 0 Å². The molecular weight excluding hydrogens is 324 g/mol. The highest BCUT2D eigenvalue weighted by Crippen LogP contribution is 2.11. The summed E-state index contributed by atoms with van der Waals surface area (Å²) in [7, 11) is 0. The van der Waals surface area contributed by atoms with E-state index in [1.165, 1.54) is 0 Å². The van der Waals surface area contributed by atoms with E-state index in [-0.39, 0.29) is 17.4 Å². The van der Waals surface area contributed by atoms with Crippen LogP contribution in [0.3, 0.4) is 0 Å². The van der Waals surface area contributed by atoms with E-state index >= 15 is 0 Å². The first-order valence-corrected chi connectivity index (χ1v) is 8.08. The molecular formula is C19H21ClN2O2. The summed E-state index contributed by atoms with van der Waals surface area (Å²) in [6, 6.07) is 13.9. The molecule has 5 heteroatoms. The highest BCUT2D eigenvalue weighted by Gasteiger charge is 2.16. The highest BCUT2D eigenvalue weighted by atomic mass is 35.5. The number of hydrogen-bond acceptors (Lipinski definition) is 2. The molecule has 2 N–H and O–H groups in total. The molecule has 0 fully saturated rings. The lowest BCUT2D eigenvalue weighted by Crippen LogP contribution is -2.40. The summed E-state index contributed by atoms with van der Waals surface area (Å²) in [5.41, 5.74) is 1.54.